The fraction of sp³-hybridized carbons (Fsp3) is 0.682. The van der Waals surface area contributed by atoms with E-state index in [1.165, 1.54) is 4.90 Å². The largest absolute Gasteiger partial charge is 0.395 e. The van der Waals surface area contributed by atoms with Crippen LogP contribution in [0.3, 0.4) is 0 Å². The van der Waals surface area contributed by atoms with Gasteiger partial charge in [-0.3, -0.25) is 14.4 Å². The molecule has 0 aliphatic carbocycles. The first-order valence-electron chi connectivity index (χ1n) is 10.6. The lowest BCUT2D eigenvalue weighted by atomic mass is 9.70. The lowest BCUT2D eigenvalue weighted by molar-refractivity contribution is -0.145. The summed E-state index contributed by atoms with van der Waals surface area (Å²) in [5.41, 5.74) is 0. The number of amides is 3. The average Bonchev–Trinajstić information content (AvgIpc) is 3.33. The lowest BCUT2D eigenvalue weighted by Gasteiger charge is -2.38. The third-order valence-electron chi connectivity index (χ3n) is 6.67. The number of aliphatic hydroxyl groups excluding tert-OH is 1. The highest BCUT2D eigenvalue weighted by Gasteiger charge is 2.73. The highest BCUT2D eigenvalue weighted by molar-refractivity contribution is 8.02. The van der Waals surface area contributed by atoms with E-state index in [9.17, 15) is 19.5 Å². The van der Waals surface area contributed by atoms with Gasteiger partial charge in [-0.1, -0.05) is 12.2 Å². The number of β-amino-alcohol motifs (C(OH)–C–C–N with tert-alkyl or cyclic N) is 1. The van der Waals surface area contributed by atoms with Crippen LogP contribution in [0.2, 0.25) is 0 Å². The van der Waals surface area contributed by atoms with Crippen LogP contribution in [0, 0.1) is 11.8 Å². The van der Waals surface area contributed by atoms with E-state index in [-0.39, 0.29) is 42.2 Å². The van der Waals surface area contributed by atoms with E-state index in [0.717, 1.165) is 12.8 Å². The molecule has 7 nitrogen and oxygen atoms in total. The smallest absolute Gasteiger partial charge is 0.247 e. The minimum absolute atomic E-state index is 0.0391. The van der Waals surface area contributed by atoms with Gasteiger partial charge in [0.25, 0.3) is 0 Å². The number of rotatable bonds is 9. The molecule has 3 aliphatic heterocycles. The lowest BCUT2D eigenvalue weighted by Crippen LogP contribution is -2.56. The van der Waals surface area contributed by atoms with E-state index in [1.807, 2.05) is 13.8 Å². The minimum atomic E-state index is -0.665. The van der Waals surface area contributed by atoms with Crippen molar-refractivity contribution in [3.05, 3.63) is 25.3 Å². The van der Waals surface area contributed by atoms with Crippen LogP contribution in [0.15, 0.2) is 25.3 Å². The van der Waals surface area contributed by atoms with E-state index in [0.29, 0.717) is 13.1 Å². The van der Waals surface area contributed by atoms with Gasteiger partial charge in [0.05, 0.1) is 23.2 Å². The molecule has 0 saturated carbocycles. The van der Waals surface area contributed by atoms with E-state index in [2.05, 4.69) is 13.2 Å². The van der Waals surface area contributed by atoms with Crippen molar-refractivity contribution in [3.8, 4) is 0 Å². The number of thioether (sulfide) groups is 1. The standard InChI is InChI=1S/C22H33N3O4S/c1-6-10-23(5)19(27)16-15-8-9-22(30-15)17(16)20(28)25(12-13-26)18(22)21(29)24(11-7-2)14(3)4/h6-7,14-18,26H,1-2,8-13H2,3-5H3/t15-,16+,17+,18?,22?/m1/s1. The van der Waals surface area contributed by atoms with E-state index >= 15 is 0 Å². The molecular weight excluding hydrogens is 402 g/mol. The predicted octanol–water partition coefficient (Wildman–Crippen LogP) is 1.14. The Kier molecular flexibility index (Phi) is 6.67. The van der Waals surface area contributed by atoms with Crippen molar-refractivity contribution in [1.29, 1.82) is 0 Å². The molecule has 0 aromatic rings. The van der Waals surface area contributed by atoms with Crippen LogP contribution in [0.1, 0.15) is 26.7 Å². The summed E-state index contributed by atoms with van der Waals surface area (Å²) in [4.78, 5) is 45.4. The zero-order valence-electron chi connectivity index (χ0n) is 18.1. The van der Waals surface area contributed by atoms with Gasteiger partial charge < -0.3 is 19.8 Å². The maximum Gasteiger partial charge on any atom is 0.247 e. The van der Waals surface area contributed by atoms with Crippen LogP contribution >= 0.6 is 11.8 Å². The fourth-order valence-corrected chi connectivity index (χ4v) is 7.66. The van der Waals surface area contributed by atoms with Gasteiger partial charge in [0.1, 0.15) is 6.04 Å². The van der Waals surface area contributed by atoms with Gasteiger partial charge >= 0.3 is 0 Å². The van der Waals surface area contributed by atoms with Crippen LogP contribution < -0.4 is 0 Å². The number of carbonyl (C=O) groups is 3. The number of hydrogen-bond acceptors (Lipinski definition) is 5. The molecule has 0 aromatic heterocycles. The number of hydrogen-bond donors (Lipinski definition) is 1. The van der Waals surface area contributed by atoms with Crippen LogP contribution in [0.25, 0.3) is 0 Å². The molecule has 2 bridgehead atoms. The van der Waals surface area contributed by atoms with Crippen molar-refractivity contribution >= 4 is 29.5 Å². The Morgan fingerprint density at radius 3 is 2.53 bits per heavy atom. The van der Waals surface area contributed by atoms with E-state index in [4.69, 9.17) is 0 Å². The summed E-state index contributed by atoms with van der Waals surface area (Å²) in [7, 11) is 1.73. The summed E-state index contributed by atoms with van der Waals surface area (Å²) < 4.78 is -0.613. The van der Waals surface area contributed by atoms with Crippen LogP contribution in [0.4, 0.5) is 0 Å². The van der Waals surface area contributed by atoms with Crippen LogP contribution in [0.5, 0.6) is 0 Å². The Morgan fingerprint density at radius 1 is 1.30 bits per heavy atom. The monoisotopic (exact) mass is 435 g/mol. The number of likely N-dealkylation sites (N-methyl/N-ethyl adjacent to an activating group) is 1. The van der Waals surface area contributed by atoms with Gasteiger partial charge in [0.15, 0.2) is 0 Å². The number of likely N-dealkylation sites (tertiary alicyclic amines) is 1. The van der Waals surface area contributed by atoms with E-state index in [1.54, 1.807) is 40.8 Å². The number of nitrogens with zero attached hydrogens (tertiary/aromatic N) is 3. The highest BCUT2D eigenvalue weighted by atomic mass is 32.2. The average molecular weight is 436 g/mol. The third-order valence-corrected chi connectivity index (χ3v) is 8.62. The number of carbonyl (C=O) groups excluding carboxylic acids is 3. The van der Waals surface area contributed by atoms with Crippen LogP contribution in [-0.4, -0.2) is 92.9 Å². The van der Waals surface area contributed by atoms with Crippen molar-refractivity contribution < 1.29 is 19.5 Å². The first-order valence-corrected chi connectivity index (χ1v) is 11.5. The molecule has 3 aliphatic rings. The second-order valence-electron chi connectivity index (χ2n) is 8.69. The van der Waals surface area contributed by atoms with Gasteiger partial charge in [0.2, 0.25) is 17.7 Å². The molecule has 30 heavy (non-hydrogen) atoms. The Morgan fingerprint density at radius 2 is 1.97 bits per heavy atom. The second-order valence-corrected chi connectivity index (χ2v) is 10.3. The second kappa shape index (κ2) is 8.75. The summed E-state index contributed by atoms with van der Waals surface area (Å²) in [6.07, 6.45) is 4.90. The van der Waals surface area contributed by atoms with Gasteiger partial charge in [-0.15, -0.1) is 24.9 Å². The Labute approximate surface area is 183 Å². The van der Waals surface area contributed by atoms with E-state index < -0.39 is 22.6 Å². The molecule has 3 heterocycles. The molecule has 0 aromatic carbocycles. The topological polar surface area (TPSA) is 81.2 Å². The van der Waals surface area contributed by atoms with Gasteiger partial charge in [-0.2, -0.15) is 0 Å². The summed E-state index contributed by atoms with van der Waals surface area (Å²) in [6, 6.07) is -0.709. The summed E-state index contributed by atoms with van der Waals surface area (Å²) in [6.45, 7) is 12.1. The first kappa shape index (κ1) is 22.9. The normalized spacial score (nSPS) is 31.8. The van der Waals surface area contributed by atoms with Gasteiger partial charge in [-0.05, 0) is 26.7 Å². The molecule has 3 amide bonds. The highest BCUT2D eigenvalue weighted by Crippen LogP contribution is 2.66. The summed E-state index contributed by atoms with van der Waals surface area (Å²) in [5.74, 6) is -1.32. The third kappa shape index (κ3) is 3.38. The molecule has 3 fully saturated rings. The van der Waals surface area contributed by atoms with Crippen molar-refractivity contribution in [2.45, 2.75) is 48.8 Å². The Bertz CT molecular complexity index is 742. The molecule has 5 atom stereocenters. The molecular formula is C22H33N3O4S. The molecule has 166 valence electrons. The van der Waals surface area contributed by atoms with Gasteiger partial charge in [0, 0.05) is 38.0 Å². The number of aliphatic hydroxyl groups is 1. The zero-order chi connectivity index (χ0) is 22.2. The van der Waals surface area contributed by atoms with Gasteiger partial charge in [-0.25, -0.2) is 0 Å². The minimum Gasteiger partial charge on any atom is -0.395 e. The summed E-state index contributed by atoms with van der Waals surface area (Å²) in [5, 5.41) is 9.67. The predicted molar refractivity (Wildman–Crippen MR) is 118 cm³/mol. The molecule has 0 radical (unpaired) electrons. The number of fused-ring (bicyclic) bond motifs is 1. The molecule has 8 heteroatoms. The summed E-state index contributed by atoms with van der Waals surface area (Å²) >= 11 is 1.65. The van der Waals surface area contributed by atoms with Crippen molar-refractivity contribution in [1.82, 2.24) is 14.7 Å². The van der Waals surface area contributed by atoms with Crippen molar-refractivity contribution in [3.63, 3.8) is 0 Å². The molecule has 1 spiro atoms. The van der Waals surface area contributed by atoms with Crippen LogP contribution in [-0.2, 0) is 14.4 Å². The SMILES string of the molecule is C=CCN(C)C(=O)[C@@H]1[C@H]2C(=O)N(CCO)C(C(=O)N(CC=C)C(C)C)C23CC[C@H]1S3. The molecule has 3 saturated heterocycles. The maximum absolute atomic E-state index is 13.7. The maximum atomic E-state index is 13.7. The molecule has 2 unspecified atom stereocenters. The fourth-order valence-electron chi connectivity index (χ4n) is 5.45. The Hall–Kier alpha value is -1.80. The molecule has 1 N–H and O–H groups in total. The zero-order valence-corrected chi connectivity index (χ0v) is 18.9. The van der Waals surface area contributed by atoms with Crippen molar-refractivity contribution in [2.24, 2.45) is 11.8 Å². The first-order chi connectivity index (χ1) is 14.2. The quantitative estimate of drug-likeness (QED) is 0.550. The molecule has 3 rings (SSSR count). The Balaban J connectivity index is 2.02. The van der Waals surface area contributed by atoms with Crippen molar-refractivity contribution in [2.75, 3.05) is 33.3 Å².